The molecule has 2 amide bonds. The average Bonchev–Trinajstić information content (AvgIpc) is 2.94. The minimum absolute atomic E-state index is 0.0556. The van der Waals surface area contributed by atoms with Gasteiger partial charge in [0.2, 0.25) is 11.8 Å². The maximum absolute atomic E-state index is 12.4. The van der Waals surface area contributed by atoms with Gasteiger partial charge in [-0.1, -0.05) is 30.5 Å². The Morgan fingerprint density at radius 2 is 1.90 bits per heavy atom. The summed E-state index contributed by atoms with van der Waals surface area (Å²) in [7, 11) is 0. The second-order valence-electron chi connectivity index (χ2n) is 5.97. The molecule has 112 valence electrons. The number of rotatable bonds is 2. The summed E-state index contributed by atoms with van der Waals surface area (Å²) in [6, 6.07) is 5.74. The molecule has 21 heavy (non-hydrogen) atoms. The second kappa shape index (κ2) is 6.09. The van der Waals surface area contributed by atoms with Crippen LogP contribution in [0.3, 0.4) is 0 Å². The minimum Gasteiger partial charge on any atom is -0.296 e. The third kappa shape index (κ3) is 3.02. The van der Waals surface area contributed by atoms with Crippen molar-refractivity contribution in [3.8, 4) is 0 Å². The highest BCUT2D eigenvalue weighted by Crippen LogP contribution is 2.43. The van der Waals surface area contributed by atoms with Crippen LogP contribution in [0.4, 0.5) is 0 Å². The number of halogens is 2. The molecule has 2 atom stereocenters. The van der Waals surface area contributed by atoms with E-state index < -0.39 is 0 Å². The zero-order chi connectivity index (χ0) is 15.0. The van der Waals surface area contributed by atoms with Crippen molar-refractivity contribution in [2.24, 2.45) is 11.8 Å². The Bertz CT molecular complexity index is 584. The van der Waals surface area contributed by atoms with Gasteiger partial charge in [0.05, 0.1) is 5.02 Å². The fourth-order valence-corrected chi connectivity index (χ4v) is 4.14. The summed E-state index contributed by atoms with van der Waals surface area (Å²) in [5, 5.41) is 3.13. The van der Waals surface area contributed by atoms with Crippen molar-refractivity contribution in [1.29, 1.82) is 0 Å². The van der Waals surface area contributed by atoms with Crippen LogP contribution in [0.25, 0.3) is 0 Å². The van der Waals surface area contributed by atoms with Crippen molar-refractivity contribution >= 4 is 39.3 Å². The van der Waals surface area contributed by atoms with E-state index in [0.717, 1.165) is 22.9 Å². The van der Waals surface area contributed by atoms with Gasteiger partial charge >= 0.3 is 0 Å². The summed E-state index contributed by atoms with van der Waals surface area (Å²) in [6.07, 6.45) is 4.87. The molecule has 1 aliphatic heterocycles. The molecule has 2 aliphatic rings. The van der Waals surface area contributed by atoms with Crippen LogP contribution in [0.1, 0.15) is 43.6 Å². The summed E-state index contributed by atoms with van der Waals surface area (Å²) >= 11 is 9.56. The summed E-state index contributed by atoms with van der Waals surface area (Å²) in [5.41, 5.74) is 0.989. The molecule has 1 N–H and O–H groups in total. The molecule has 3 rings (SSSR count). The third-order valence-electron chi connectivity index (χ3n) is 4.68. The first-order valence-electron chi connectivity index (χ1n) is 7.35. The van der Waals surface area contributed by atoms with Crippen LogP contribution in [0.5, 0.6) is 0 Å². The fraction of sp³-hybridized carbons (Fsp3) is 0.500. The molecule has 1 aromatic rings. The number of piperidine rings is 1. The Hall–Kier alpha value is -0.870. The van der Waals surface area contributed by atoms with E-state index in [4.69, 9.17) is 11.6 Å². The number of benzene rings is 1. The predicted molar refractivity (Wildman–Crippen MR) is 85.1 cm³/mol. The quantitative estimate of drug-likeness (QED) is 0.799. The Kier molecular flexibility index (Phi) is 4.36. The van der Waals surface area contributed by atoms with Crippen LogP contribution in [-0.2, 0) is 9.59 Å². The van der Waals surface area contributed by atoms with Gasteiger partial charge in [-0.15, -0.1) is 0 Å². The number of hydrogen-bond donors (Lipinski definition) is 1. The molecule has 0 radical (unpaired) electrons. The summed E-state index contributed by atoms with van der Waals surface area (Å²) in [5.74, 6) is -0.0756. The Morgan fingerprint density at radius 1 is 1.19 bits per heavy atom. The maximum Gasteiger partial charge on any atom is 0.230 e. The molecule has 0 spiro atoms. The van der Waals surface area contributed by atoms with Gasteiger partial charge in [-0.05, 0) is 52.4 Å². The second-order valence-corrected chi connectivity index (χ2v) is 7.23. The zero-order valence-electron chi connectivity index (χ0n) is 11.6. The van der Waals surface area contributed by atoms with E-state index in [1.54, 1.807) is 0 Å². The molecule has 1 heterocycles. The van der Waals surface area contributed by atoms with E-state index >= 15 is 0 Å². The fourth-order valence-electron chi connectivity index (χ4n) is 3.71. The summed E-state index contributed by atoms with van der Waals surface area (Å²) in [4.78, 5) is 24.1. The molecule has 5 heteroatoms. The van der Waals surface area contributed by atoms with Crippen molar-refractivity contribution in [2.45, 2.75) is 38.0 Å². The highest BCUT2D eigenvalue weighted by Gasteiger charge is 2.42. The van der Waals surface area contributed by atoms with Crippen LogP contribution in [0.2, 0.25) is 5.02 Å². The topological polar surface area (TPSA) is 46.2 Å². The largest absolute Gasteiger partial charge is 0.296 e. The molecular formula is C16H17BrClNO2. The van der Waals surface area contributed by atoms with Gasteiger partial charge in [-0.25, -0.2) is 0 Å². The van der Waals surface area contributed by atoms with Crippen LogP contribution in [0, 0.1) is 11.8 Å². The highest BCUT2D eigenvalue weighted by atomic mass is 79.9. The van der Waals surface area contributed by atoms with E-state index in [1.165, 1.54) is 12.8 Å². The van der Waals surface area contributed by atoms with Gasteiger partial charge in [0, 0.05) is 22.7 Å². The number of imide groups is 1. The predicted octanol–water partition coefficient (Wildman–Crippen LogP) is 4.04. The first kappa shape index (κ1) is 15.0. The van der Waals surface area contributed by atoms with E-state index in [0.29, 0.717) is 17.4 Å². The molecule has 2 fully saturated rings. The lowest BCUT2D eigenvalue weighted by Gasteiger charge is -2.34. The summed E-state index contributed by atoms with van der Waals surface area (Å²) in [6.45, 7) is 0. The number of amides is 2. The lowest BCUT2D eigenvalue weighted by molar-refractivity contribution is -0.138. The van der Waals surface area contributed by atoms with Crippen molar-refractivity contribution in [3.63, 3.8) is 0 Å². The van der Waals surface area contributed by atoms with E-state index in [2.05, 4.69) is 21.2 Å². The third-order valence-corrected chi connectivity index (χ3v) is 5.92. The molecule has 0 bridgehead atoms. The van der Waals surface area contributed by atoms with Crippen molar-refractivity contribution in [3.05, 3.63) is 33.3 Å². The number of carbonyl (C=O) groups is 2. The van der Waals surface area contributed by atoms with Crippen molar-refractivity contribution in [1.82, 2.24) is 5.32 Å². The van der Waals surface area contributed by atoms with Crippen LogP contribution >= 0.6 is 27.5 Å². The van der Waals surface area contributed by atoms with Gasteiger partial charge in [0.25, 0.3) is 0 Å². The number of nitrogens with one attached hydrogen (secondary N) is 1. The van der Waals surface area contributed by atoms with E-state index in [-0.39, 0.29) is 23.7 Å². The van der Waals surface area contributed by atoms with Gasteiger partial charge < -0.3 is 0 Å². The van der Waals surface area contributed by atoms with E-state index in [9.17, 15) is 9.59 Å². The maximum atomic E-state index is 12.4. The lowest BCUT2D eigenvalue weighted by atomic mass is 9.73. The smallest absolute Gasteiger partial charge is 0.230 e. The number of carbonyl (C=O) groups excluding carboxylic acids is 2. The molecule has 1 saturated carbocycles. The first-order valence-corrected chi connectivity index (χ1v) is 8.52. The lowest BCUT2D eigenvalue weighted by Crippen LogP contribution is -2.47. The van der Waals surface area contributed by atoms with Gasteiger partial charge in [0.15, 0.2) is 0 Å². The molecule has 1 aromatic carbocycles. The standard InChI is InChI=1S/C16H17BrClNO2/c17-12-6-5-10(7-13(12)18)11-8-14(20)19-16(21)15(11)9-3-1-2-4-9/h5-7,9,11,15H,1-4,8H2,(H,19,20,21). The number of hydrogen-bond acceptors (Lipinski definition) is 2. The minimum atomic E-state index is -0.182. The average molecular weight is 371 g/mol. The molecule has 2 unspecified atom stereocenters. The van der Waals surface area contributed by atoms with Gasteiger partial charge in [0.1, 0.15) is 0 Å². The van der Waals surface area contributed by atoms with Crippen LogP contribution in [-0.4, -0.2) is 11.8 Å². The molecule has 0 aromatic heterocycles. The Balaban J connectivity index is 1.95. The monoisotopic (exact) mass is 369 g/mol. The molecule has 1 saturated heterocycles. The molecule has 1 aliphatic carbocycles. The Labute approximate surface area is 137 Å². The van der Waals surface area contributed by atoms with Crippen molar-refractivity contribution in [2.75, 3.05) is 0 Å². The SMILES string of the molecule is O=C1CC(c2ccc(Br)c(Cl)c2)C(C2CCCC2)C(=O)N1. The van der Waals surface area contributed by atoms with Crippen LogP contribution < -0.4 is 5.32 Å². The first-order chi connectivity index (χ1) is 10.1. The van der Waals surface area contributed by atoms with Crippen LogP contribution in [0.15, 0.2) is 22.7 Å². The normalized spacial score (nSPS) is 27.0. The van der Waals surface area contributed by atoms with E-state index in [1.807, 2.05) is 18.2 Å². The van der Waals surface area contributed by atoms with Gasteiger partial charge in [-0.2, -0.15) is 0 Å². The zero-order valence-corrected chi connectivity index (χ0v) is 13.9. The summed E-state index contributed by atoms with van der Waals surface area (Å²) < 4.78 is 0.830. The highest BCUT2D eigenvalue weighted by molar-refractivity contribution is 9.10. The Morgan fingerprint density at radius 3 is 2.57 bits per heavy atom. The molecule has 3 nitrogen and oxygen atoms in total. The molecular weight excluding hydrogens is 354 g/mol. The van der Waals surface area contributed by atoms with Crippen molar-refractivity contribution < 1.29 is 9.59 Å². The van der Waals surface area contributed by atoms with Gasteiger partial charge in [-0.3, -0.25) is 14.9 Å².